The molecule has 0 unspecified atom stereocenters. The Hall–Kier alpha value is -2.00. The SMILES string of the molecule is COC(=O)NS(=O)(=O)Nc1cc(Cl)cc(C(=O)O)c1. The number of nitrogens with one attached hydrogen (secondary N) is 2. The van der Waals surface area contributed by atoms with Gasteiger partial charge in [-0.1, -0.05) is 11.6 Å². The van der Waals surface area contributed by atoms with Gasteiger partial charge in [0, 0.05) is 5.02 Å². The highest BCUT2D eigenvalue weighted by molar-refractivity contribution is 7.91. The van der Waals surface area contributed by atoms with E-state index < -0.39 is 22.3 Å². The molecule has 0 radical (unpaired) electrons. The number of methoxy groups -OCH3 is 1. The Balaban J connectivity index is 2.99. The van der Waals surface area contributed by atoms with Crippen molar-refractivity contribution in [2.75, 3.05) is 11.8 Å². The van der Waals surface area contributed by atoms with Crippen molar-refractivity contribution in [2.24, 2.45) is 0 Å². The molecular weight excluding hydrogens is 300 g/mol. The smallest absolute Gasteiger partial charge is 0.422 e. The molecular formula is C9H9ClN2O6S. The summed E-state index contributed by atoms with van der Waals surface area (Å²) in [6.45, 7) is 0. The van der Waals surface area contributed by atoms with E-state index in [2.05, 4.69) is 4.74 Å². The van der Waals surface area contributed by atoms with Crippen molar-refractivity contribution in [1.82, 2.24) is 4.72 Å². The number of aromatic carboxylic acids is 1. The lowest BCUT2D eigenvalue weighted by atomic mass is 10.2. The molecule has 10 heteroatoms. The maximum atomic E-state index is 11.4. The Morgan fingerprint density at radius 1 is 1.32 bits per heavy atom. The molecule has 1 aromatic rings. The molecule has 1 aromatic carbocycles. The molecule has 0 saturated heterocycles. The van der Waals surface area contributed by atoms with Crippen LogP contribution in [-0.4, -0.2) is 32.7 Å². The third-order valence-electron chi connectivity index (χ3n) is 1.80. The summed E-state index contributed by atoms with van der Waals surface area (Å²) < 4.78 is 30.5. The zero-order valence-corrected chi connectivity index (χ0v) is 11.1. The molecule has 1 amide bonds. The first-order chi connectivity index (χ1) is 8.73. The molecule has 0 saturated carbocycles. The van der Waals surface area contributed by atoms with Crippen LogP contribution in [0.2, 0.25) is 5.02 Å². The number of amides is 1. The molecule has 0 fully saturated rings. The Labute approximate surface area is 113 Å². The topological polar surface area (TPSA) is 122 Å². The van der Waals surface area contributed by atoms with E-state index in [0.717, 1.165) is 19.2 Å². The molecule has 0 aliphatic carbocycles. The number of anilines is 1. The number of halogens is 1. The fraction of sp³-hybridized carbons (Fsp3) is 0.111. The van der Waals surface area contributed by atoms with E-state index in [4.69, 9.17) is 16.7 Å². The van der Waals surface area contributed by atoms with Crippen molar-refractivity contribution in [3.8, 4) is 0 Å². The van der Waals surface area contributed by atoms with Crippen LogP contribution in [0.25, 0.3) is 0 Å². The fourth-order valence-corrected chi connectivity index (χ4v) is 2.12. The standard InChI is InChI=1S/C9H9ClN2O6S/c1-18-9(15)12-19(16,17)11-7-3-5(8(13)14)2-6(10)4-7/h2-4,11H,1H3,(H,12,15)(H,13,14). The monoisotopic (exact) mass is 308 g/mol. The zero-order chi connectivity index (χ0) is 14.6. The highest BCUT2D eigenvalue weighted by Crippen LogP contribution is 2.19. The number of hydrogen-bond acceptors (Lipinski definition) is 5. The maximum absolute atomic E-state index is 11.4. The molecule has 104 valence electrons. The predicted octanol–water partition coefficient (Wildman–Crippen LogP) is 1.05. The van der Waals surface area contributed by atoms with E-state index in [-0.39, 0.29) is 16.3 Å². The molecule has 0 bridgehead atoms. The molecule has 0 aromatic heterocycles. The number of rotatable bonds is 4. The van der Waals surface area contributed by atoms with Crippen molar-refractivity contribution < 1.29 is 27.9 Å². The van der Waals surface area contributed by atoms with Crippen LogP contribution in [0.4, 0.5) is 10.5 Å². The molecule has 0 aliphatic rings. The second-order valence-electron chi connectivity index (χ2n) is 3.23. The van der Waals surface area contributed by atoms with Crippen LogP contribution < -0.4 is 9.44 Å². The molecule has 0 atom stereocenters. The van der Waals surface area contributed by atoms with Gasteiger partial charge in [0.15, 0.2) is 0 Å². The van der Waals surface area contributed by atoms with Crippen molar-refractivity contribution in [3.05, 3.63) is 28.8 Å². The van der Waals surface area contributed by atoms with E-state index in [0.29, 0.717) is 0 Å². The van der Waals surface area contributed by atoms with Crippen molar-refractivity contribution in [1.29, 1.82) is 0 Å². The summed E-state index contributed by atoms with van der Waals surface area (Å²) in [6.07, 6.45) is -1.19. The molecule has 1 rings (SSSR count). The summed E-state index contributed by atoms with van der Waals surface area (Å²) in [5, 5.41) is 8.81. The van der Waals surface area contributed by atoms with E-state index in [1.165, 1.54) is 10.8 Å². The van der Waals surface area contributed by atoms with Crippen LogP contribution in [0, 0.1) is 0 Å². The number of benzene rings is 1. The lowest BCUT2D eigenvalue weighted by Crippen LogP contribution is -2.35. The summed E-state index contributed by atoms with van der Waals surface area (Å²) in [6, 6.07) is 3.38. The van der Waals surface area contributed by atoms with E-state index in [1.807, 2.05) is 4.72 Å². The molecule has 19 heavy (non-hydrogen) atoms. The fourth-order valence-electron chi connectivity index (χ4n) is 1.10. The van der Waals surface area contributed by atoms with Gasteiger partial charge in [0.1, 0.15) is 0 Å². The lowest BCUT2D eigenvalue weighted by Gasteiger charge is -2.09. The first kappa shape index (κ1) is 15.1. The Bertz CT molecular complexity index is 615. The molecule has 8 nitrogen and oxygen atoms in total. The number of carbonyl (C=O) groups excluding carboxylic acids is 1. The van der Waals surface area contributed by atoms with E-state index in [1.54, 1.807) is 0 Å². The van der Waals surface area contributed by atoms with Crippen LogP contribution in [0.15, 0.2) is 18.2 Å². The molecule has 0 aliphatic heterocycles. The highest BCUT2D eigenvalue weighted by Gasteiger charge is 2.16. The quantitative estimate of drug-likeness (QED) is 0.764. The van der Waals surface area contributed by atoms with Gasteiger partial charge in [-0.05, 0) is 18.2 Å². The van der Waals surface area contributed by atoms with E-state index >= 15 is 0 Å². The molecule has 3 N–H and O–H groups in total. The van der Waals surface area contributed by atoms with Crippen molar-refractivity contribution in [3.63, 3.8) is 0 Å². The first-order valence-electron chi connectivity index (χ1n) is 4.66. The van der Waals surface area contributed by atoms with Gasteiger partial charge in [0.2, 0.25) is 0 Å². The van der Waals surface area contributed by atoms with Crippen LogP contribution in [0.5, 0.6) is 0 Å². The largest absolute Gasteiger partial charge is 0.478 e. The summed E-state index contributed by atoms with van der Waals surface area (Å²) in [7, 11) is -3.24. The van der Waals surface area contributed by atoms with Gasteiger partial charge < -0.3 is 9.84 Å². The minimum absolute atomic E-state index is 0.0238. The summed E-state index contributed by atoms with van der Waals surface area (Å²) in [4.78, 5) is 21.6. The van der Waals surface area contributed by atoms with Gasteiger partial charge >= 0.3 is 22.3 Å². The van der Waals surface area contributed by atoms with Crippen molar-refractivity contribution >= 4 is 39.6 Å². The average molecular weight is 309 g/mol. The van der Waals surface area contributed by atoms with Gasteiger partial charge in [0.05, 0.1) is 18.4 Å². The third-order valence-corrected chi connectivity index (χ3v) is 2.96. The first-order valence-corrected chi connectivity index (χ1v) is 6.52. The van der Waals surface area contributed by atoms with Crippen LogP contribution in [0.3, 0.4) is 0 Å². The number of carboxylic acid groups (broad SMARTS) is 1. The number of carbonyl (C=O) groups is 2. The Morgan fingerprint density at radius 3 is 2.47 bits per heavy atom. The van der Waals surface area contributed by atoms with Crippen LogP contribution >= 0.6 is 11.6 Å². The summed E-state index contributed by atoms with van der Waals surface area (Å²) in [5.74, 6) is -1.27. The minimum atomic E-state index is -4.23. The Morgan fingerprint density at radius 2 is 1.95 bits per heavy atom. The molecule has 0 heterocycles. The van der Waals surface area contributed by atoms with E-state index in [9.17, 15) is 18.0 Å². The predicted molar refractivity (Wildman–Crippen MR) is 66.5 cm³/mol. The van der Waals surface area contributed by atoms with Crippen LogP contribution in [0.1, 0.15) is 10.4 Å². The lowest BCUT2D eigenvalue weighted by molar-refractivity contribution is 0.0697. The second kappa shape index (κ2) is 5.76. The zero-order valence-electron chi connectivity index (χ0n) is 9.51. The number of ether oxygens (including phenoxy) is 1. The number of hydrogen-bond donors (Lipinski definition) is 3. The summed E-state index contributed by atoms with van der Waals surface area (Å²) in [5.41, 5.74) is -0.315. The van der Waals surface area contributed by atoms with Gasteiger partial charge in [-0.3, -0.25) is 4.72 Å². The summed E-state index contributed by atoms with van der Waals surface area (Å²) >= 11 is 5.65. The van der Waals surface area contributed by atoms with Gasteiger partial charge in [-0.15, -0.1) is 0 Å². The number of carboxylic acids is 1. The Kier molecular flexibility index (Phi) is 4.57. The average Bonchev–Trinajstić information content (AvgIpc) is 2.26. The van der Waals surface area contributed by atoms with Crippen molar-refractivity contribution in [2.45, 2.75) is 0 Å². The second-order valence-corrected chi connectivity index (χ2v) is 5.08. The maximum Gasteiger partial charge on any atom is 0.422 e. The van der Waals surface area contributed by atoms with Gasteiger partial charge in [-0.2, -0.15) is 8.42 Å². The van der Waals surface area contributed by atoms with Gasteiger partial charge in [-0.25, -0.2) is 14.3 Å². The molecule has 0 spiro atoms. The normalized spacial score (nSPS) is 10.6. The minimum Gasteiger partial charge on any atom is -0.478 e. The third kappa shape index (κ3) is 4.64. The highest BCUT2D eigenvalue weighted by atomic mass is 35.5. The van der Waals surface area contributed by atoms with Crippen LogP contribution in [-0.2, 0) is 14.9 Å². The van der Waals surface area contributed by atoms with Gasteiger partial charge in [0.25, 0.3) is 0 Å².